The van der Waals surface area contributed by atoms with Crippen LogP contribution in [0.3, 0.4) is 0 Å². The van der Waals surface area contributed by atoms with Gasteiger partial charge in [0.05, 0.1) is 16.7 Å². The summed E-state index contributed by atoms with van der Waals surface area (Å²) in [6.45, 7) is 5.29. The van der Waals surface area contributed by atoms with Crippen LogP contribution in [0, 0.1) is 20.8 Å². The van der Waals surface area contributed by atoms with Crippen molar-refractivity contribution in [2.24, 2.45) is 0 Å². The van der Waals surface area contributed by atoms with Crippen LogP contribution in [-0.4, -0.2) is 19.5 Å². The maximum Gasteiger partial charge on any atom is 0.335 e. The number of sulfonamides is 1. The van der Waals surface area contributed by atoms with Gasteiger partial charge < -0.3 is 9.52 Å². The Morgan fingerprint density at radius 1 is 1.23 bits per heavy atom. The molecule has 7 heteroatoms. The molecule has 2 N–H and O–H groups in total. The van der Waals surface area contributed by atoms with Crippen molar-refractivity contribution >= 4 is 16.0 Å². The minimum absolute atomic E-state index is 0.0359. The zero-order valence-corrected chi connectivity index (χ0v) is 13.3. The van der Waals surface area contributed by atoms with Gasteiger partial charge in [-0.25, -0.2) is 17.9 Å². The van der Waals surface area contributed by atoms with Crippen molar-refractivity contribution in [1.82, 2.24) is 4.72 Å². The lowest BCUT2D eigenvalue weighted by Crippen LogP contribution is -2.24. The van der Waals surface area contributed by atoms with Crippen molar-refractivity contribution in [2.45, 2.75) is 32.2 Å². The topological polar surface area (TPSA) is 96.6 Å². The average Bonchev–Trinajstić information content (AvgIpc) is 2.75. The Hall–Kier alpha value is -2.12. The van der Waals surface area contributed by atoms with Gasteiger partial charge in [0, 0.05) is 12.1 Å². The molecule has 0 spiro atoms. The molecule has 6 nitrogen and oxygen atoms in total. The maximum atomic E-state index is 12.3. The quantitative estimate of drug-likeness (QED) is 0.880. The molecule has 1 aromatic heterocycles. The van der Waals surface area contributed by atoms with Crippen molar-refractivity contribution in [3.8, 4) is 0 Å². The third kappa shape index (κ3) is 3.20. The van der Waals surface area contributed by atoms with E-state index in [0.29, 0.717) is 11.3 Å². The highest BCUT2D eigenvalue weighted by molar-refractivity contribution is 7.89. The Morgan fingerprint density at radius 2 is 1.91 bits per heavy atom. The first-order valence-corrected chi connectivity index (χ1v) is 8.08. The number of benzene rings is 1. The molecule has 22 heavy (non-hydrogen) atoms. The molecule has 0 unspecified atom stereocenters. The number of aromatic carboxylic acids is 1. The summed E-state index contributed by atoms with van der Waals surface area (Å²) in [4.78, 5) is 11.0. The van der Waals surface area contributed by atoms with Crippen molar-refractivity contribution < 1.29 is 22.7 Å². The van der Waals surface area contributed by atoms with Crippen LogP contribution in [0.15, 0.2) is 33.8 Å². The number of rotatable bonds is 5. The van der Waals surface area contributed by atoms with E-state index in [0.717, 1.165) is 11.1 Å². The van der Waals surface area contributed by atoms with Gasteiger partial charge in [-0.05, 0) is 50.1 Å². The first-order chi connectivity index (χ1) is 10.2. The summed E-state index contributed by atoms with van der Waals surface area (Å²) >= 11 is 0. The number of carbonyl (C=O) groups is 1. The van der Waals surface area contributed by atoms with E-state index in [1.165, 1.54) is 18.2 Å². The standard InChI is InChI=1S/C15H17NO5S/c1-9-6-12(4-5-13(9)15(17)18)22(19,20)16-7-14-10(2)8-21-11(14)3/h4-6,8,16H,7H2,1-3H3,(H,17,18). The summed E-state index contributed by atoms with van der Waals surface area (Å²) in [5, 5.41) is 8.97. The molecule has 0 saturated heterocycles. The van der Waals surface area contributed by atoms with Crippen LogP contribution in [0.2, 0.25) is 0 Å². The summed E-state index contributed by atoms with van der Waals surface area (Å²) < 4.78 is 32.3. The summed E-state index contributed by atoms with van der Waals surface area (Å²) in [6, 6.07) is 3.93. The van der Waals surface area contributed by atoms with Crippen LogP contribution in [0.4, 0.5) is 0 Å². The van der Waals surface area contributed by atoms with E-state index in [2.05, 4.69) is 4.72 Å². The molecule has 0 saturated carbocycles. The summed E-state index contributed by atoms with van der Waals surface area (Å²) in [5.74, 6) is -0.420. The number of hydrogen-bond acceptors (Lipinski definition) is 4. The van der Waals surface area contributed by atoms with Gasteiger partial charge >= 0.3 is 5.97 Å². The largest absolute Gasteiger partial charge is 0.478 e. The van der Waals surface area contributed by atoms with Gasteiger partial charge in [-0.1, -0.05) is 0 Å². The maximum absolute atomic E-state index is 12.3. The molecule has 1 heterocycles. The second-order valence-electron chi connectivity index (χ2n) is 5.06. The first-order valence-electron chi connectivity index (χ1n) is 6.59. The van der Waals surface area contributed by atoms with Crippen molar-refractivity contribution in [2.75, 3.05) is 0 Å². The smallest absolute Gasteiger partial charge is 0.335 e. The summed E-state index contributed by atoms with van der Waals surface area (Å²) in [7, 11) is -3.72. The molecule has 0 atom stereocenters. The molecule has 0 amide bonds. The molecule has 0 aliphatic rings. The van der Waals surface area contributed by atoms with E-state index in [1.54, 1.807) is 20.1 Å². The molecule has 2 aromatic rings. The predicted molar refractivity (Wildman–Crippen MR) is 80.3 cm³/mol. The number of carboxylic acid groups (broad SMARTS) is 1. The third-order valence-electron chi connectivity index (χ3n) is 3.49. The molecule has 0 aliphatic heterocycles. The highest BCUT2D eigenvalue weighted by atomic mass is 32.2. The zero-order valence-electron chi connectivity index (χ0n) is 12.5. The molecule has 0 fully saturated rings. The Morgan fingerprint density at radius 3 is 2.41 bits per heavy atom. The molecule has 0 bridgehead atoms. The van der Waals surface area contributed by atoms with Gasteiger partial charge in [-0.2, -0.15) is 0 Å². The first kappa shape index (κ1) is 16.3. The van der Waals surface area contributed by atoms with Gasteiger partial charge in [0.2, 0.25) is 10.0 Å². The molecular weight excluding hydrogens is 306 g/mol. The number of carboxylic acids is 1. The fraction of sp³-hybridized carbons (Fsp3) is 0.267. The lowest BCUT2D eigenvalue weighted by Gasteiger charge is -2.09. The van der Waals surface area contributed by atoms with E-state index >= 15 is 0 Å². The number of nitrogens with one attached hydrogen (secondary N) is 1. The van der Waals surface area contributed by atoms with Crippen LogP contribution in [0.5, 0.6) is 0 Å². The normalized spacial score (nSPS) is 11.6. The van der Waals surface area contributed by atoms with Crippen LogP contribution in [0.1, 0.15) is 32.8 Å². The lowest BCUT2D eigenvalue weighted by molar-refractivity contribution is 0.0696. The van der Waals surface area contributed by atoms with Crippen molar-refractivity contribution in [1.29, 1.82) is 0 Å². The van der Waals surface area contributed by atoms with E-state index in [4.69, 9.17) is 9.52 Å². The lowest BCUT2D eigenvalue weighted by atomic mass is 10.1. The van der Waals surface area contributed by atoms with Gasteiger partial charge in [0.25, 0.3) is 0 Å². The van der Waals surface area contributed by atoms with Crippen LogP contribution >= 0.6 is 0 Å². The second kappa shape index (κ2) is 5.94. The van der Waals surface area contributed by atoms with E-state index in [-0.39, 0.29) is 17.0 Å². The molecular formula is C15H17NO5S. The van der Waals surface area contributed by atoms with Gasteiger partial charge in [-0.3, -0.25) is 0 Å². The number of hydrogen-bond donors (Lipinski definition) is 2. The summed E-state index contributed by atoms with van der Waals surface area (Å²) in [6.07, 6.45) is 1.57. The zero-order chi connectivity index (χ0) is 16.5. The monoisotopic (exact) mass is 323 g/mol. The molecule has 118 valence electrons. The minimum atomic E-state index is -3.72. The molecule has 0 radical (unpaired) electrons. The van der Waals surface area contributed by atoms with Crippen LogP contribution < -0.4 is 4.72 Å². The van der Waals surface area contributed by atoms with Crippen molar-refractivity contribution in [3.05, 3.63) is 52.5 Å². The third-order valence-corrected chi connectivity index (χ3v) is 4.89. The van der Waals surface area contributed by atoms with Gasteiger partial charge in [0.15, 0.2) is 0 Å². The minimum Gasteiger partial charge on any atom is -0.478 e. The Kier molecular flexibility index (Phi) is 4.39. The Bertz CT molecular complexity index is 801. The van der Waals surface area contributed by atoms with Crippen molar-refractivity contribution in [3.63, 3.8) is 0 Å². The van der Waals surface area contributed by atoms with Crippen LogP contribution in [-0.2, 0) is 16.6 Å². The fourth-order valence-corrected chi connectivity index (χ4v) is 3.23. The number of aryl methyl sites for hydroxylation is 3. The van der Waals surface area contributed by atoms with Gasteiger partial charge in [0.1, 0.15) is 5.76 Å². The Balaban J connectivity index is 2.24. The van der Waals surface area contributed by atoms with Gasteiger partial charge in [-0.15, -0.1) is 0 Å². The Labute approximate surface area is 128 Å². The second-order valence-corrected chi connectivity index (χ2v) is 6.83. The number of furan rings is 1. The highest BCUT2D eigenvalue weighted by Gasteiger charge is 2.18. The van der Waals surface area contributed by atoms with E-state index in [1.807, 2.05) is 6.92 Å². The molecule has 0 aliphatic carbocycles. The predicted octanol–water partition coefficient (Wildman–Crippen LogP) is 2.38. The van der Waals surface area contributed by atoms with Crippen LogP contribution in [0.25, 0.3) is 0 Å². The SMILES string of the molecule is Cc1cc(S(=O)(=O)NCc2c(C)coc2C)ccc1C(=O)O. The fourth-order valence-electron chi connectivity index (χ4n) is 2.15. The highest BCUT2D eigenvalue weighted by Crippen LogP contribution is 2.18. The average molecular weight is 323 g/mol. The summed E-state index contributed by atoms with van der Waals surface area (Å²) in [5.41, 5.74) is 2.14. The molecule has 1 aromatic carbocycles. The molecule has 2 rings (SSSR count). The van der Waals surface area contributed by atoms with E-state index < -0.39 is 16.0 Å². The van der Waals surface area contributed by atoms with E-state index in [9.17, 15) is 13.2 Å².